The lowest BCUT2D eigenvalue weighted by Gasteiger charge is -2.19. The van der Waals surface area contributed by atoms with Crippen molar-refractivity contribution in [3.05, 3.63) is 51.6 Å². The zero-order valence-electron chi connectivity index (χ0n) is 9.90. The molecular formula is C13H13BrClN3. The van der Waals surface area contributed by atoms with E-state index >= 15 is 0 Å². The number of nitrogens with two attached hydrogens (primary N) is 1. The van der Waals surface area contributed by atoms with Crippen molar-refractivity contribution in [1.29, 1.82) is 0 Å². The van der Waals surface area contributed by atoms with Crippen LogP contribution in [0.1, 0.15) is 5.56 Å². The predicted molar refractivity (Wildman–Crippen MR) is 79.9 cm³/mol. The van der Waals surface area contributed by atoms with E-state index in [1.807, 2.05) is 36.2 Å². The third kappa shape index (κ3) is 3.15. The van der Waals surface area contributed by atoms with Gasteiger partial charge in [-0.15, -0.1) is 0 Å². The average molecular weight is 327 g/mol. The Morgan fingerprint density at radius 3 is 2.78 bits per heavy atom. The molecule has 0 saturated carbocycles. The molecule has 2 aromatic rings. The summed E-state index contributed by atoms with van der Waals surface area (Å²) in [5, 5.41) is 0.716. The van der Waals surface area contributed by atoms with Gasteiger partial charge in [0.05, 0.1) is 0 Å². The van der Waals surface area contributed by atoms with Crippen LogP contribution in [0, 0.1) is 0 Å². The van der Waals surface area contributed by atoms with E-state index in [1.165, 1.54) is 0 Å². The molecule has 0 bridgehead atoms. The van der Waals surface area contributed by atoms with Crippen LogP contribution in [0.4, 0.5) is 11.5 Å². The molecule has 0 aliphatic carbocycles. The van der Waals surface area contributed by atoms with Crippen molar-refractivity contribution >= 4 is 39.0 Å². The number of hydrogen-bond acceptors (Lipinski definition) is 3. The van der Waals surface area contributed by atoms with Gasteiger partial charge in [0.2, 0.25) is 0 Å². The van der Waals surface area contributed by atoms with Crippen LogP contribution >= 0.6 is 27.5 Å². The molecule has 0 spiro atoms. The van der Waals surface area contributed by atoms with Gasteiger partial charge in [-0.25, -0.2) is 4.98 Å². The van der Waals surface area contributed by atoms with Crippen molar-refractivity contribution in [2.45, 2.75) is 6.54 Å². The molecule has 0 aliphatic rings. The minimum absolute atomic E-state index is 0.665. The molecule has 94 valence electrons. The van der Waals surface area contributed by atoms with Crippen molar-refractivity contribution < 1.29 is 0 Å². The van der Waals surface area contributed by atoms with Crippen molar-refractivity contribution in [2.75, 3.05) is 17.7 Å². The number of benzene rings is 1. The molecule has 1 aromatic carbocycles. The Balaban J connectivity index is 2.18. The minimum atomic E-state index is 0.665. The molecule has 18 heavy (non-hydrogen) atoms. The third-order valence-corrected chi connectivity index (χ3v) is 3.42. The highest BCUT2D eigenvalue weighted by molar-refractivity contribution is 9.10. The molecule has 2 N–H and O–H groups in total. The normalized spacial score (nSPS) is 10.4. The molecule has 2 rings (SSSR count). The maximum Gasteiger partial charge on any atom is 0.128 e. The van der Waals surface area contributed by atoms with Gasteiger partial charge in [0, 0.05) is 35.0 Å². The number of hydrogen-bond donors (Lipinski definition) is 1. The van der Waals surface area contributed by atoms with Crippen LogP contribution in [0.2, 0.25) is 5.02 Å². The average Bonchev–Trinajstić information content (AvgIpc) is 2.34. The van der Waals surface area contributed by atoms with E-state index in [1.54, 1.807) is 12.3 Å². The Bertz CT molecular complexity index is 542. The van der Waals surface area contributed by atoms with Crippen molar-refractivity contribution in [3.8, 4) is 0 Å². The van der Waals surface area contributed by atoms with Gasteiger partial charge >= 0.3 is 0 Å². The molecule has 0 atom stereocenters. The maximum absolute atomic E-state index is 6.14. The van der Waals surface area contributed by atoms with Crippen LogP contribution in [0.5, 0.6) is 0 Å². The van der Waals surface area contributed by atoms with Gasteiger partial charge in [0.15, 0.2) is 0 Å². The van der Waals surface area contributed by atoms with Gasteiger partial charge in [-0.1, -0.05) is 11.6 Å². The van der Waals surface area contributed by atoms with E-state index in [4.69, 9.17) is 17.3 Å². The molecular weight excluding hydrogens is 314 g/mol. The first kappa shape index (κ1) is 13.2. The second kappa shape index (κ2) is 5.59. The molecule has 0 fully saturated rings. The monoisotopic (exact) mass is 325 g/mol. The lowest BCUT2D eigenvalue weighted by atomic mass is 10.2. The number of nitrogens with zero attached hydrogens (tertiary/aromatic N) is 2. The molecule has 3 nitrogen and oxygen atoms in total. The van der Waals surface area contributed by atoms with Gasteiger partial charge in [0.1, 0.15) is 5.82 Å². The molecule has 0 saturated heterocycles. The Morgan fingerprint density at radius 2 is 2.11 bits per heavy atom. The SMILES string of the molecule is CN(Cc1cc(N)ccc1Cl)c1ccc(Br)cn1. The Hall–Kier alpha value is -1.26. The summed E-state index contributed by atoms with van der Waals surface area (Å²) in [4.78, 5) is 6.35. The summed E-state index contributed by atoms with van der Waals surface area (Å²) in [5.41, 5.74) is 7.47. The first-order chi connectivity index (χ1) is 8.56. The molecule has 0 radical (unpaired) electrons. The van der Waals surface area contributed by atoms with Crippen molar-refractivity contribution in [2.24, 2.45) is 0 Å². The fraction of sp³-hybridized carbons (Fsp3) is 0.154. The van der Waals surface area contributed by atoms with Crippen molar-refractivity contribution in [1.82, 2.24) is 4.98 Å². The second-order valence-corrected chi connectivity index (χ2v) is 5.36. The number of halogens is 2. The summed E-state index contributed by atoms with van der Waals surface area (Å²) in [7, 11) is 1.97. The summed E-state index contributed by atoms with van der Waals surface area (Å²) in [6.07, 6.45) is 1.77. The molecule has 5 heteroatoms. The van der Waals surface area contributed by atoms with Crippen LogP contribution in [0.15, 0.2) is 41.0 Å². The van der Waals surface area contributed by atoms with Gasteiger partial charge < -0.3 is 10.6 Å². The Kier molecular flexibility index (Phi) is 4.09. The molecule has 0 aliphatic heterocycles. The van der Waals surface area contributed by atoms with E-state index < -0.39 is 0 Å². The number of nitrogen functional groups attached to an aromatic ring is 1. The topological polar surface area (TPSA) is 42.1 Å². The van der Waals surface area contributed by atoms with E-state index in [0.29, 0.717) is 17.3 Å². The fourth-order valence-electron chi connectivity index (χ4n) is 1.65. The lowest BCUT2D eigenvalue weighted by Crippen LogP contribution is -2.17. The summed E-state index contributed by atoms with van der Waals surface area (Å²) < 4.78 is 0.960. The van der Waals surface area contributed by atoms with Crippen LogP contribution in [-0.4, -0.2) is 12.0 Å². The highest BCUT2D eigenvalue weighted by atomic mass is 79.9. The first-order valence-electron chi connectivity index (χ1n) is 5.43. The Labute approximate surface area is 120 Å². The largest absolute Gasteiger partial charge is 0.399 e. The minimum Gasteiger partial charge on any atom is -0.399 e. The zero-order valence-corrected chi connectivity index (χ0v) is 12.2. The summed E-state index contributed by atoms with van der Waals surface area (Å²) in [6.45, 7) is 0.665. The number of aromatic nitrogens is 1. The number of rotatable bonds is 3. The predicted octanol–water partition coefficient (Wildman–Crippen LogP) is 3.72. The standard InChI is InChI=1S/C13H13BrClN3/c1-18(13-5-2-10(14)7-17-13)8-9-6-11(16)3-4-12(9)15/h2-7H,8,16H2,1H3. The zero-order chi connectivity index (χ0) is 13.1. The number of pyridine rings is 1. The first-order valence-corrected chi connectivity index (χ1v) is 6.60. The van der Waals surface area contributed by atoms with Gasteiger partial charge in [-0.3, -0.25) is 0 Å². The highest BCUT2D eigenvalue weighted by Gasteiger charge is 2.07. The molecule has 1 aromatic heterocycles. The highest BCUT2D eigenvalue weighted by Crippen LogP contribution is 2.22. The third-order valence-electron chi connectivity index (χ3n) is 2.58. The summed E-state index contributed by atoms with van der Waals surface area (Å²) >= 11 is 9.51. The molecule has 0 unspecified atom stereocenters. The fourth-order valence-corrected chi connectivity index (χ4v) is 2.06. The van der Waals surface area contributed by atoms with E-state index in [9.17, 15) is 0 Å². The lowest BCUT2D eigenvalue weighted by molar-refractivity contribution is 0.898. The summed E-state index contributed by atoms with van der Waals surface area (Å²) in [6, 6.07) is 9.40. The van der Waals surface area contributed by atoms with Crippen LogP contribution in [-0.2, 0) is 6.54 Å². The number of anilines is 2. The van der Waals surface area contributed by atoms with E-state index in [-0.39, 0.29) is 0 Å². The van der Waals surface area contributed by atoms with E-state index in [0.717, 1.165) is 15.9 Å². The van der Waals surface area contributed by atoms with Crippen LogP contribution in [0.25, 0.3) is 0 Å². The Morgan fingerprint density at radius 1 is 1.33 bits per heavy atom. The maximum atomic E-state index is 6.14. The summed E-state index contributed by atoms with van der Waals surface area (Å²) in [5.74, 6) is 0.886. The molecule has 1 heterocycles. The van der Waals surface area contributed by atoms with Crippen LogP contribution < -0.4 is 10.6 Å². The van der Waals surface area contributed by atoms with Gasteiger partial charge in [-0.2, -0.15) is 0 Å². The van der Waals surface area contributed by atoms with Crippen LogP contribution in [0.3, 0.4) is 0 Å². The van der Waals surface area contributed by atoms with Gasteiger partial charge in [0.25, 0.3) is 0 Å². The smallest absolute Gasteiger partial charge is 0.128 e. The molecule has 0 amide bonds. The van der Waals surface area contributed by atoms with Crippen molar-refractivity contribution in [3.63, 3.8) is 0 Å². The quantitative estimate of drug-likeness (QED) is 0.874. The van der Waals surface area contributed by atoms with E-state index in [2.05, 4.69) is 20.9 Å². The second-order valence-electron chi connectivity index (χ2n) is 4.04. The van der Waals surface area contributed by atoms with Gasteiger partial charge in [-0.05, 0) is 51.8 Å².